The number of hydrogen-bond donors (Lipinski definition) is 1. The highest BCUT2D eigenvalue weighted by Crippen LogP contribution is 2.34. The molecule has 0 aliphatic heterocycles. The average molecular weight is 465 g/mol. The summed E-state index contributed by atoms with van der Waals surface area (Å²) in [7, 11) is -3.79. The summed E-state index contributed by atoms with van der Waals surface area (Å²) in [5, 5.41) is 4.00. The minimum absolute atomic E-state index is 0.0817. The van der Waals surface area contributed by atoms with Gasteiger partial charge in [0, 0.05) is 4.47 Å². The maximum atomic E-state index is 13.2. The normalized spacial score (nSPS) is 12.5. The zero-order valence-corrected chi connectivity index (χ0v) is 19.7. The highest BCUT2D eigenvalue weighted by atomic mass is 79.9. The van der Waals surface area contributed by atoms with Gasteiger partial charge in [0.1, 0.15) is 0 Å². The molecule has 0 fully saturated rings. The number of hydrogen-bond acceptors (Lipinski definition) is 3. The Labute approximate surface area is 177 Å². The summed E-state index contributed by atoms with van der Waals surface area (Å²) < 4.78 is 27.3. The molecule has 1 N–H and O–H groups in total. The molecule has 6 heteroatoms. The molecular formula is C22H29BrN2O2S. The molecule has 0 bridgehead atoms. The van der Waals surface area contributed by atoms with E-state index in [0.717, 1.165) is 26.7 Å². The second kappa shape index (κ2) is 9.23. The van der Waals surface area contributed by atoms with Crippen LogP contribution in [0, 0.1) is 0 Å². The van der Waals surface area contributed by atoms with E-state index in [1.54, 1.807) is 0 Å². The molecule has 0 aromatic heterocycles. The van der Waals surface area contributed by atoms with Crippen molar-refractivity contribution in [1.82, 2.24) is 4.83 Å². The lowest BCUT2D eigenvalue weighted by molar-refractivity contribution is 0.579. The van der Waals surface area contributed by atoms with Crippen molar-refractivity contribution < 1.29 is 8.42 Å². The van der Waals surface area contributed by atoms with Gasteiger partial charge in [0.05, 0.1) is 11.1 Å². The van der Waals surface area contributed by atoms with Crippen LogP contribution in [0.15, 0.2) is 50.9 Å². The summed E-state index contributed by atoms with van der Waals surface area (Å²) in [5.41, 5.74) is 3.64. The van der Waals surface area contributed by atoms with Crippen LogP contribution in [0.3, 0.4) is 0 Å². The number of nitrogens with one attached hydrogen (secondary N) is 1. The monoisotopic (exact) mass is 464 g/mol. The average Bonchev–Trinajstić information content (AvgIpc) is 2.61. The molecule has 0 radical (unpaired) electrons. The second-order valence-electron chi connectivity index (χ2n) is 7.90. The summed E-state index contributed by atoms with van der Waals surface area (Å²) >= 11 is 3.38. The minimum atomic E-state index is -3.79. The predicted octanol–water partition coefficient (Wildman–Crippen LogP) is 6.13. The van der Waals surface area contributed by atoms with Gasteiger partial charge >= 0.3 is 0 Å². The number of benzene rings is 2. The van der Waals surface area contributed by atoms with E-state index in [-0.39, 0.29) is 11.8 Å². The first-order chi connectivity index (χ1) is 13.0. The van der Waals surface area contributed by atoms with E-state index < -0.39 is 10.0 Å². The smallest absolute Gasteiger partial charge is 0.200 e. The van der Waals surface area contributed by atoms with Crippen LogP contribution in [0.1, 0.15) is 81.5 Å². The molecule has 0 saturated heterocycles. The van der Waals surface area contributed by atoms with Crippen molar-refractivity contribution >= 4 is 32.2 Å². The first-order valence-corrected chi connectivity index (χ1v) is 11.8. The number of rotatable bonds is 7. The van der Waals surface area contributed by atoms with Crippen molar-refractivity contribution in [3.8, 4) is 0 Å². The molecule has 0 saturated carbocycles. The molecule has 0 amide bonds. The fourth-order valence-electron chi connectivity index (χ4n) is 2.96. The molecule has 0 aliphatic rings. The standard InChI is InChI=1S/C22H29BrN2O2S/c1-14(2)18-11-20(15(3)4)22(21(12-18)16(5)6)28(26,27)25-24-13-17-7-9-19(23)10-8-17/h7-16,25H,1-6H3/b24-13+. The third-order valence-corrected chi connectivity index (χ3v) is 6.49. The summed E-state index contributed by atoms with van der Waals surface area (Å²) in [6.07, 6.45) is 1.51. The molecule has 0 unspecified atom stereocenters. The Balaban J connectivity index is 2.49. The molecule has 2 aromatic rings. The number of halogens is 1. The Morgan fingerprint density at radius 2 is 1.39 bits per heavy atom. The minimum Gasteiger partial charge on any atom is -0.200 e. The molecule has 28 heavy (non-hydrogen) atoms. The first-order valence-electron chi connectivity index (χ1n) is 9.51. The summed E-state index contributed by atoms with van der Waals surface area (Å²) in [6.45, 7) is 12.3. The molecule has 0 aliphatic carbocycles. The highest BCUT2D eigenvalue weighted by Gasteiger charge is 2.26. The van der Waals surface area contributed by atoms with Gasteiger partial charge in [-0.25, -0.2) is 4.83 Å². The van der Waals surface area contributed by atoms with Crippen molar-refractivity contribution in [2.24, 2.45) is 5.10 Å². The van der Waals surface area contributed by atoms with E-state index >= 15 is 0 Å². The first kappa shape index (κ1) is 22.6. The van der Waals surface area contributed by atoms with Gasteiger partial charge in [-0.1, -0.05) is 81.7 Å². The van der Waals surface area contributed by atoms with Crippen LogP contribution in [-0.2, 0) is 10.0 Å². The molecule has 2 rings (SSSR count). The summed E-state index contributed by atoms with van der Waals surface area (Å²) in [6, 6.07) is 11.5. The van der Waals surface area contributed by atoms with Crippen LogP contribution < -0.4 is 4.83 Å². The Morgan fingerprint density at radius 1 is 0.893 bits per heavy atom. The van der Waals surface area contributed by atoms with Crippen molar-refractivity contribution in [1.29, 1.82) is 0 Å². The van der Waals surface area contributed by atoms with E-state index in [1.165, 1.54) is 6.21 Å². The molecule has 0 atom stereocenters. The van der Waals surface area contributed by atoms with Gasteiger partial charge in [0.25, 0.3) is 10.0 Å². The summed E-state index contributed by atoms with van der Waals surface area (Å²) in [5.74, 6) is 0.492. The zero-order chi connectivity index (χ0) is 21.1. The van der Waals surface area contributed by atoms with Gasteiger partial charge in [0.2, 0.25) is 0 Å². The predicted molar refractivity (Wildman–Crippen MR) is 121 cm³/mol. The SMILES string of the molecule is CC(C)c1cc(C(C)C)c(S(=O)(=O)N/N=C/c2ccc(Br)cc2)c(C(C)C)c1. The quantitative estimate of drug-likeness (QED) is 0.395. The lowest BCUT2D eigenvalue weighted by Crippen LogP contribution is -2.23. The van der Waals surface area contributed by atoms with Crippen LogP contribution in [0.5, 0.6) is 0 Å². The van der Waals surface area contributed by atoms with Gasteiger partial charge in [-0.15, -0.1) is 0 Å². The zero-order valence-electron chi connectivity index (χ0n) is 17.3. The Hall–Kier alpha value is -1.66. The highest BCUT2D eigenvalue weighted by molar-refractivity contribution is 9.10. The summed E-state index contributed by atoms with van der Waals surface area (Å²) in [4.78, 5) is 2.76. The number of sulfonamides is 1. The second-order valence-corrected chi connectivity index (χ2v) is 10.4. The molecule has 0 spiro atoms. The van der Waals surface area contributed by atoms with E-state index in [9.17, 15) is 8.42 Å². The molecule has 0 heterocycles. The Morgan fingerprint density at radius 3 is 1.82 bits per heavy atom. The molecular weight excluding hydrogens is 436 g/mol. The van der Waals surface area contributed by atoms with Crippen molar-refractivity contribution in [3.05, 3.63) is 63.1 Å². The number of hydrazone groups is 1. The topological polar surface area (TPSA) is 58.5 Å². The lowest BCUT2D eigenvalue weighted by atomic mass is 9.89. The van der Waals surface area contributed by atoms with Gasteiger partial charge in [0.15, 0.2) is 0 Å². The van der Waals surface area contributed by atoms with E-state index in [1.807, 2.05) is 64.1 Å². The fraction of sp³-hybridized carbons (Fsp3) is 0.409. The van der Waals surface area contributed by atoms with E-state index in [0.29, 0.717) is 10.8 Å². The third-order valence-electron chi connectivity index (χ3n) is 4.60. The van der Waals surface area contributed by atoms with Gasteiger partial charge in [-0.2, -0.15) is 13.5 Å². The van der Waals surface area contributed by atoms with Crippen molar-refractivity contribution in [2.75, 3.05) is 0 Å². The van der Waals surface area contributed by atoms with E-state index in [4.69, 9.17) is 0 Å². The largest absolute Gasteiger partial charge is 0.277 e. The van der Waals surface area contributed by atoms with Crippen LogP contribution in [0.25, 0.3) is 0 Å². The number of nitrogens with zero attached hydrogens (tertiary/aromatic N) is 1. The van der Waals surface area contributed by atoms with Gasteiger partial charge < -0.3 is 0 Å². The molecule has 152 valence electrons. The van der Waals surface area contributed by atoms with Crippen molar-refractivity contribution in [3.63, 3.8) is 0 Å². The Bertz CT molecular complexity index is 918. The maximum absolute atomic E-state index is 13.2. The van der Waals surface area contributed by atoms with E-state index in [2.05, 4.69) is 39.7 Å². The van der Waals surface area contributed by atoms with Crippen LogP contribution in [0.2, 0.25) is 0 Å². The Kier molecular flexibility index (Phi) is 7.46. The maximum Gasteiger partial charge on any atom is 0.277 e. The van der Waals surface area contributed by atoms with Crippen LogP contribution >= 0.6 is 15.9 Å². The molecule has 2 aromatic carbocycles. The van der Waals surface area contributed by atoms with Crippen molar-refractivity contribution in [2.45, 2.75) is 64.2 Å². The third kappa shape index (κ3) is 5.45. The van der Waals surface area contributed by atoms with Crippen LogP contribution in [0.4, 0.5) is 0 Å². The molecule has 4 nitrogen and oxygen atoms in total. The van der Waals surface area contributed by atoms with Crippen LogP contribution in [-0.4, -0.2) is 14.6 Å². The lowest BCUT2D eigenvalue weighted by Gasteiger charge is -2.22. The van der Waals surface area contributed by atoms with Gasteiger partial charge in [-0.05, 0) is 52.1 Å². The fourth-order valence-corrected chi connectivity index (χ4v) is 4.72. The van der Waals surface area contributed by atoms with Gasteiger partial charge in [-0.3, -0.25) is 0 Å².